The zero-order valence-corrected chi connectivity index (χ0v) is 8.45. The van der Waals surface area contributed by atoms with E-state index in [1.54, 1.807) is 18.4 Å². The molecular formula is C10H15NO3. The summed E-state index contributed by atoms with van der Waals surface area (Å²) < 4.78 is 9.95. The molecule has 0 aliphatic carbocycles. The molecule has 0 amide bonds. The SMILES string of the molecule is CC(C)NCC(=O)OCc1ccco1. The van der Waals surface area contributed by atoms with E-state index >= 15 is 0 Å². The Labute approximate surface area is 83.2 Å². The van der Waals surface area contributed by atoms with Crippen molar-refractivity contribution in [2.24, 2.45) is 0 Å². The summed E-state index contributed by atoms with van der Waals surface area (Å²) in [6, 6.07) is 3.81. The van der Waals surface area contributed by atoms with Crippen molar-refractivity contribution in [2.75, 3.05) is 6.54 Å². The summed E-state index contributed by atoms with van der Waals surface area (Å²) in [5, 5.41) is 2.97. The van der Waals surface area contributed by atoms with E-state index in [-0.39, 0.29) is 25.2 Å². The van der Waals surface area contributed by atoms with Crippen molar-refractivity contribution in [1.82, 2.24) is 5.32 Å². The number of hydrogen-bond acceptors (Lipinski definition) is 4. The molecule has 1 aromatic heterocycles. The molecule has 0 saturated carbocycles. The molecule has 1 heterocycles. The number of nitrogens with one attached hydrogen (secondary N) is 1. The van der Waals surface area contributed by atoms with E-state index in [0.717, 1.165) is 0 Å². The van der Waals surface area contributed by atoms with Gasteiger partial charge in [-0.25, -0.2) is 0 Å². The highest BCUT2D eigenvalue weighted by molar-refractivity contribution is 5.71. The molecule has 4 heteroatoms. The van der Waals surface area contributed by atoms with E-state index in [1.165, 1.54) is 0 Å². The average Bonchev–Trinajstić information content (AvgIpc) is 2.63. The third-order valence-electron chi connectivity index (χ3n) is 1.61. The monoisotopic (exact) mass is 197 g/mol. The first-order chi connectivity index (χ1) is 6.68. The molecule has 0 saturated heterocycles. The fraction of sp³-hybridized carbons (Fsp3) is 0.500. The van der Waals surface area contributed by atoms with Crippen LogP contribution in [0.4, 0.5) is 0 Å². The lowest BCUT2D eigenvalue weighted by Crippen LogP contribution is -2.30. The summed E-state index contributed by atoms with van der Waals surface area (Å²) in [6.07, 6.45) is 1.55. The van der Waals surface area contributed by atoms with Gasteiger partial charge in [0.05, 0.1) is 12.8 Å². The maximum absolute atomic E-state index is 11.1. The Morgan fingerprint density at radius 1 is 1.64 bits per heavy atom. The maximum Gasteiger partial charge on any atom is 0.320 e. The Balaban J connectivity index is 2.15. The topological polar surface area (TPSA) is 51.5 Å². The van der Waals surface area contributed by atoms with Crippen LogP contribution < -0.4 is 5.32 Å². The summed E-state index contributed by atoms with van der Waals surface area (Å²) in [7, 11) is 0. The van der Waals surface area contributed by atoms with Gasteiger partial charge in [0.2, 0.25) is 0 Å². The summed E-state index contributed by atoms with van der Waals surface area (Å²) in [6.45, 7) is 4.38. The average molecular weight is 197 g/mol. The minimum Gasteiger partial charge on any atom is -0.466 e. The van der Waals surface area contributed by atoms with Crippen LogP contribution in [0.3, 0.4) is 0 Å². The van der Waals surface area contributed by atoms with Gasteiger partial charge < -0.3 is 14.5 Å². The number of carbonyl (C=O) groups is 1. The largest absolute Gasteiger partial charge is 0.466 e. The van der Waals surface area contributed by atoms with Crippen LogP contribution in [0.15, 0.2) is 22.8 Å². The second-order valence-electron chi connectivity index (χ2n) is 3.28. The first-order valence-corrected chi connectivity index (χ1v) is 4.60. The number of ether oxygens (including phenoxy) is 1. The Morgan fingerprint density at radius 2 is 2.43 bits per heavy atom. The Morgan fingerprint density at radius 3 is 3.00 bits per heavy atom. The van der Waals surface area contributed by atoms with Crippen LogP contribution in [-0.2, 0) is 16.1 Å². The third kappa shape index (κ3) is 4.09. The number of rotatable bonds is 5. The van der Waals surface area contributed by atoms with Crippen molar-refractivity contribution in [3.8, 4) is 0 Å². The summed E-state index contributed by atoms with van der Waals surface area (Å²) in [5.41, 5.74) is 0. The van der Waals surface area contributed by atoms with Crippen LogP contribution in [-0.4, -0.2) is 18.6 Å². The van der Waals surface area contributed by atoms with Crippen molar-refractivity contribution in [2.45, 2.75) is 26.5 Å². The van der Waals surface area contributed by atoms with Crippen molar-refractivity contribution in [3.05, 3.63) is 24.2 Å². The van der Waals surface area contributed by atoms with Crippen LogP contribution in [0.2, 0.25) is 0 Å². The van der Waals surface area contributed by atoms with Gasteiger partial charge in [0.25, 0.3) is 0 Å². The van der Waals surface area contributed by atoms with Gasteiger partial charge in [-0.2, -0.15) is 0 Å². The minimum atomic E-state index is -0.268. The van der Waals surface area contributed by atoms with Crippen LogP contribution >= 0.6 is 0 Å². The van der Waals surface area contributed by atoms with Crippen molar-refractivity contribution in [1.29, 1.82) is 0 Å². The fourth-order valence-electron chi connectivity index (χ4n) is 0.885. The van der Waals surface area contributed by atoms with E-state index < -0.39 is 0 Å². The maximum atomic E-state index is 11.1. The number of esters is 1. The van der Waals surface area contributed by atoms with Crippen LogP contribution in [0.1, 0.15) is 19.6 Å². The van der Waals surface area contributed by atoms with Crippen molar-refractivity contribution in [3.63, 3.8) is 0 Å². The van der Waals surface area contributed by atoms with Crippen molar-refractivity contribution < 1.29 is 13.9 Å². The highest BCUT2D eigenvalue weighted by Crippen LogP contribution is 2.01. The van der Waals surface area contributed by atoms with E-state index in [2.05, 4.69) is 5.32 Å². The van der Waals surface area contributed by atoms with E-state index in [4.69, 9.17) is 9.15 Å². The molecule has 0 atom stereocenters. The van der Waals surface area contributed by atoms with Gasteiger partial charge in [-0.3, -0.25) is 4.79 Å². The molecule has 0 aliphatic rings. The van der Waals surface area contributed by atoms with Gasteiger partial charge in [-0.05, 0) is 12.1 Å². The summed E-state index contributed by atoms with van der Waals surface area (Å²) in [5.74, 6) is 0.387. The molecule has 0 unspecified atom stereocenters. The predicted octanol–water partition coefficient (Wildman–Crippen LogP) is 1.32. The smallest absolute Gasteiger partial charge is 0.320 e. The van der Waals surface area contributed by atoms with E-state index in [0.29, 0.717) is 5.76 Å². The highest BCUT2D eigenvalue weighted by atomic mass is 16.5. The van der Waals surface area contributed by atoms with Crippen LogP contribution in [0.5, 0.6) is 0 Å². The summed E-state index contributed by atoms with van der Waals surface area (Å²) in [4.78, 5) is 11.1. The Kier molecular flexibility index (Phi) is 4.19. The first kappa shape index (κ1) is 10.8. The molecule has 0 bridgehead atoms. The number of furan rings is 1. The molecule has 1 aromatic rings. The molecule has 0 radical (unpaired) electrons. The van der Waals surface area contributed by atoms with E-state index in [1.807, 2.05) is 13.8 Å². The van der Waals surface area contributed by atoms with E-state index in [9.17, 15) is 4.79 Å². The number of hydrogen-bond donors (Lipinski definition) is 1. The molecular weight excluding hydrogens is 182 g/mol. The second-order valence-corrected chi connectivity index (χ2v) is 3.28. The molecule has 0 fully saturated rings. The Hall–Kier alpha value is -1.29. The summed E-state index contributed by atoms with van der Waals surface area (Å²) >= 11 is 0. The molecule has 1 rings (SSSR count). The fourth-order valence-corrected chi connectivity index (χ4v) is 0.885. The zero-order chi connectivity index (χ0) is 10.4. The second kappa shape index (κ2) is 5.44. The van der Waals surface area contributed by atoms with Crippen LogP contribution in [0.25, 0.3) is 0 Å². The van der Waals surface area contributed by atoms with Gasteiger partial charge in [0, 0.05) is 6.04 Å². The predicted molar refractivity (Wildman–Crippen MR) is 51.6 cm³/mol. The van der Waals surface area contributed by atoms with Crippen molar-refractivity contribution >= 4 is 5.97 Å². The van der Waals surface area contributed by atoms with Gasteiger partial charge in [-0.15, -0.1) is 0 Å². The standard InChI is InChI=1S/C10H15NO3/c1-8(2)11-6-10(12)14-7-9-4-3-5-13-9/h3-5,8,11H,6-7H2,1-2H3. The quantitative estimate of drug-likeness (QED) is 0.723. The van der Waals surface area contributed by atoms with Gasteiger partial charge >= 0.3 is 5.97 Å². The molecule has 1 N–H and O–H groups in total. The molecule has 78 valence electrons. The van der Waals surface area contributed by atoms with Crippen LogP contribution in [0, 0.1) is 0 Å². The highest BCUT2D eigenvalue weighted by Gasteiger charge is 2.04. The molecule has 0 aliphatic heterocycles. The molecule has 4 nitrogen and oxygen atoms in total. The van der Waals surface area contributed by atoms with Gasteiger partial charge in [0.1, 0.15) is 12.4 Å². The lowest BCUT2D eigenvalue weighted by Gasteiger charge is -2.07. The molecule has 14 heavy (non-hydrogen) atoms. The lowest BCUT2D eigenvalue weighted by atomic mass is 10.4. The number of carbonyl (C=O) groups excluding carboxylic acids is 1. The molecule has 0 aromatic carbocycles. The molecule has 0 spiro atoms. The third-order valence-corrected chi connectivity index (χ3v) is 1.61. The van der Waals surface area contributed by atoms with Gasteiger partial charge in [-0.1, -0.05) is 13.8 Å². The Bertz CT molecular complexity index is 267. The minimum absolute atomic E-state index is 0.200. The first-order valence-electron chi connectivity index (χ1n) is 4.60. The van der Waals surface area contributed by atoms with Gasteiger partial charge in [0.15, 0.2) is 0 Å². The zero-order valence-electron chi connectivity index (χ0n) is 8.45. The lowest BCUT2D eigenvalue weighted by molar-refractivity contribution is -0.144. The normalized spacial score (nSPS) is 10.5.